The van der Waals surface area contributed by atoms with Gasteiger partial charge in [0.25, 0.3) is 15.9 Å². The van der Waals surface area contributed by atoms with E-state index in [-0.39, 0.29) is 21.8 Å². The predicted octanol–water partition coefficient (Wildman–Crippen LogP) is 4.83. The first-order valence-corrected chi connectivity index (χ1v) is 13.6. The van der Waals surface area contributed by atoms with E-state index in [4.69, 9.17) is 9.47 Å². The molecule has 0 aliphatic rings. The average molecular weight is 578 g/mol. The standard InChI is InChI=1S/C28H30F3N3O5S/c1-4-33-40(36,37)26-12-9-20(18-25(26)39-3)27(35)34-21-10-11-22(19(17-21)13-14-32-15-16-38-2)23-7-5-6-8-24(23)28(29,30)31/h4-12,17-18,32-33H,1,13-16H2,2-3H3,(H,34,35). The van der Waals surface area contributed by atoms with Crippen LogP contribution < -0.4 is 20.1 Å². The molecule has 0 saturated carbocycles. The molecule has 0 aliphatic carbocycles. The molecule has 3 N–H and O–H groups in total. The Balaban J connectivity index is 1.94. The van der Waals surface area contributed by atoms with E-state index in [1.807, 2.05) is 0 Å². The van der Waals surface area contributed by atoms with E-state index in [1.54, 1.807) is 25.3 Å². The van der Waals surface area contributed by atoms with Crippen LogP contribution in [-0.2, 0) is 27.4 Å². The lowest BCUT2D eigenvalue weighted by Gasteiger charge is -2.18. The van der Waals surface area contributed by atoms with E-state index in [2.05, 4.69) is 21.9 Å². The van der Waals surface area contributed by atoms with Crippen molar-refractivity contribution >= 4 is 21.6 Å². The van der Waals surface area contributed by atoms with Gasteiger partial charge in [0.1, 0.15) is 10.6 Å². The number of amides is 1. The lowest BCUT2D eigenvalue weighted by atomic mass is 9.93. The van der Waals surface area contributed by atoms with Crippen LogP contribution in [0.5, 0.6) is 5.75 Å². The third kappa shape index (κ3) is 7.62. The van der Waals surface area contributed by atoms with Crippen molar-refractivity contribution in [3.63, 3.8) is 0 Å². The Hall–Kier alpha value is -3.87. The van der Waals surface area contributed by atoms with E-state index in [0.29, 0.717) is 42.9 Å². The lowest BCUT2D eigenvalue weighted by Crippen LogP contribution is -2.22. The largest absolute Gasteiger partial charge is 0.495 e. The maximum Gasteiger partial charge on any atom is 0.417 e. The normalized spacial score (nSPS) is 11.6. The number of rotatable bonds is 13. The van der Waals surface area contributed by atoms with Gasteiger partial charge in [-0.05, 0) is 66.1 Å². The molecule has 0 heterocycles. The topological polar surface area (TPSA) is 106 Å². The summed E-state index contributed by atoms with van der Waals surface area (Å²) in [4.78, 5) is 12.9. The smallest absolute Gasteiger partial charge is 0.417 e. The molecule has 12 heteroatoms. The van der Waals surface area contributed by atoms with E-state index < -0.39 is 27.7 Å². The number of anilines is 1. The Bertz CT molecular complexity index is 1460. The number of halogens is 3. The van der Waals surface area contributed by atoms with Crippen LogP contribution in [0.1, 0.15) is 21.5 Å². The fourth-order valence-electron chi connectivity index (χ4n) is 4.04. The van der Waals surface area contributed by atoms with Gasteiger partial charge in [-0.15, -0.1) is 0 Å². The summed E-state index contributed by atoms with van der Waals surface area (Å²) in [6, 6.07) is 13.9. The van der Waals surface area contributed by atoms with E-state index in [9.17, 15) is 26.4 Å². The number of carbonyl (C=O) groups excluding carboxylic acids is 1. The van der Waals surface area contributed by atoms with E-state index in [1.165, 1.54) is 43.5 Å². The summed E-state index contributed by atoms with van der Waals surface area (Å²) in [6.07, 6.45) is -3.15. The minimum absolute atomic E-state index is 0.0365. The number of hydrogen-bond acceptors (Lipinski definition) is 6. The molecule has 0 atom stereocenters. The van der Waals surface area contributed by atoms with Crippen molar-refractivity contribution in [1.82, 2.24) is 10.0 Å². The van der Waals surface area contributed by atoms with Crippen LogP contribution in [0.3, 0.4) is 0 Å². The van der Waals surface area contributed by atoms with Crippen LogP contribution in [0, 0.1) is 0 Å². The molecule has 0 spiro atoms. The van der Waals surface area contributed by atoms with Crippen LogP contribution in [0.4, 0.5) is 18.9 Å². The number of methoxy groups -OCH3 is 2. The summed E-state index contributed by atoms with van der Waals surface area (Å²) in [7, 11) is -1.10. The average Bonchev–Trinajstić information content (AvgIpc) is 2.92. The number of carbonyl (C=O) groups is 1. The molecular formula is C28H30F3N3O5S. The molecule has 0 aromatic heterocycles. The molecular weight excluding hydrogens is 547 g/mol. The summed E-state index contributed by atoms with van der Waals surface area (Å²) >= 11 is 0. The van der Waals surface area contributed by atoms with Crippen molar-refractivity contribution in [3.05, 3.63) is 90.1 Å². The van der Waals surface area contributed by atoms with Crippen molar-refractivity contribution in [3.8, 4) is 16.9 Å². The maximum absolute atomic E-state index is 13.8. The summed E-state index contributed by atoms with van der Waals surface area (Å²) in [6.45, 7) is 4.85. The Morgan fingerprint density at radius 2 is 1.75 bits per heavy atom. The Kier molecular flexibility index (Phi) is 10.3. The highest BCUT2D eigenvalue weighted by Crippen LogP contribution is 2.39. The summed E-state index contributed by atoms with van der Waals surface area (Å²) in [5, 5.41) is 5.90. The molecule has 0 unspecified atom stereocenters. The fraction of sp³-hybridized carbons (Fsp3) is 0.250. The first-order valence-electron chi connectivity index (χ1n) is 12.1. The molecule has 3 aromatic carbocycles. The highest BCUT2D eigenvalue weighted by Gasteiger charge is 2.33. The summed E-state index contributed by atoms with van der Waals surface area (Å²) < 4.78 is 78.3. The van der Waals surface area contributed by atoms with Gasteiger partial charge >= 0.3 is 6.18 Å². The van der Waals surface area contributed by atoms with Gasteiger partial charge in [0, 0.05) is 31.1 Å². The summed E-state index contributed by atoms with van der Waals surface area (Å²) in [5.41, 5.74) is 0.736. The minimum Gasteiger partial charge on any atom is -0.495 e. The highest BCUT2D eigenvalue weighted by molar-refractivity contribution is 7.89. The van der Waals surface area contributed by atoms with Gasteiger partial charge < -0.3 is 20.1 Å². The molecule has 40 heavy (non-hydrogen) atoms. The highest BCUT2D eigenvalue weighted by atomic mass is 32.2. The van der Waals surface area contributed by atoms with Crippen molar-refractivity contribution in [2.45, 2.75) is 17.5 Å². The van der Waals surface area contributed by atoms with Gasteiger partial charge in [-0.2, -0.15) is 13.2 Å². The minimum atomic E-state index is -4.54. The second-order valence-corrected chi connectivity index (χ2v) is 10.2. The number of alkyl halides is 3. The zero-order valence-electron chi connectivity index (χ0n) is 22.0. The van der Waals surface area contributed by atoms with Gasteiger partial charge in [0.15, 0.2) is 0 Å². The Morgan fingerprint density at radius 3 is 2.42 bits per heavy atom. The first kappa shape index (κ1) is 30.7. The molecule has 3 aromatic rings. The summed E-state index contributed by atoms with van der Waals surface area (Å²) in [5.74, 6) is -0.615. The van der Waals surface area contributed by atoms with Gasteiger partial charge in [0.2, 0.25) is 0 Å². The molecule has 1 amide bonds. The molecule has 0 saturated heterocycles. The van der Waals surface area contributed by atoms with Gasteiger partial charge in [-0.25, -0.2) is 8.42 Å². The van der Waals surface area contributed by atoms with Crippen LogP contribution in [-0.4, -0.2) is 48.2 Å². The molecule has 0 radical (unpaired) electrons. The molecule has 214 valence electrons. The third-order valence-electron chi connectivity index (χ3n) is 5.89. The second-order valence-electron chi connectivity index (χ2n) is 8.55. The second kappa shape index (κ2) is 13.5. The maximum atomic E-state index is 13.8. The van der Waals surface area contributed by atoms with Crippen LogP contribution in [0.2, 0.25) is 0 Å². The third-order valence-corrected chi connectivity index (χ3v) is 7.29. The monoisotopic (exact) mass is 577 g/mol. The number of hydrogen-bond donors (Lipinski definition) is 3. The zero-order valence-corrected chi connectivity index (χ0v) is 22.8. The first-order chi connectivity index (χ1) is 19.0. The molecule has 0 aliphatic heterocycles. The van der Waals surface area contributed by atoms with Crippen molar-refractivity contribution in [2.24, 2.45) is 0 Å². The van der Waals surface area contributed by atoms with Gasteiger partial charge in [-0.3, -0.25) is 9.52 Å². The van der Waals surface area contributed by atoms with E-state index >= 15 is 0 Å². The molecule has 0 bridgehead atoms. The number of ether oxygens (including phenoxy) is 2. The predicted molar refractivity (Wildman–Crippen MR) is 147 cm³/mol. The van der Waals surface area contributed by atoms with Crippen LogP contribution in [0.25, 0.3) is 11.1 Å². The number of sulfonamides is 1. The van der Waals surface area contributed by atoms with Crippen molar-refractivity contribution in [1.29, 1.82) is 0 Å². The van der Waals surface area contributed by atoms with Crippen molar-refractivity contribution in [2.75, 3.05) is 39.2 Å². The fourth-order valence-corrected chi connectivity index (χ4v) is 5.04. The number of nitrogens with one attached hydrogen (secondary N) is 3. The van der Waals surface area contributed by atoms with Gasteiger partial charge in [0.05, 0.1) is 19.3 Å². The Labute approximate surface area is 231 Å². The zero-order chi connectivity index (χ0) is 29.3. The molecule has 8 nitrogen and oxygen atoms in total. The Morgan fingerprint density at radius 1 is 1.00 bits per heavy atom. The van der Waals surface area contributed by atoms with Crippen molar-refractivity contribution < 1.29 is 35.9 Å². The quantitative estimate of drug-likeness (QED) is 0.251. The molecule has 0 fully saturated rings. The van der Waals surface area contributed by atoms with Crippen LogP contribution >= 0.6 is 0 Å². The molecule has 3 rings (SSSR count). The van der Waals surface area contributed by atoms with Gasteiger partial charge in [-0.1, -0.05) is 30.8 Å². The lowest BCUT2D eigenvalue weighted by molar-refractivity contribution is -0.137. The van der Waals surface area contributed by atoms with Crippen LogP contribution in [0.15, 0.2) is 78.3 Å². The number of benzene rings is 3. The SMILES string of the molecule is C=CNS(=O)(=O)c1ccc(C(=O)Nc2ccc(-c3ccccc3C(F)(F)F)c(CCNCCOC)c2)cc1OC. The van der Waals surface area contributed by atoms with E-state index in [0.717, 1.165) is 12.3 Å².